The van der Waals surface area contributed by atoms with Crippen LogP contribution in [0.15, 0.2) is 54.6 Å². The Kier molecular flexibility index (Phi) is 3.88. The minimum absolute atomic E-state index is 0.110. The molecule has 0 atom stereocenters. The lowest BCUT2D eigenvalue weighted by atomic mass is 10.1. The number of hydrogen-bond donors (Lipinski definition) is 1. The van der Waals surface area contributed by atoms with Crippen molar-refractivity contribution in [2.24, 2.45) is 0 Å². The number of amides is 1. The lowest BCUT2D eigenvalue weighted by Gasteiger charge is -2.10. The van der Waals surface area contributed by atoms with Crippen LogP contribution in [0, 0.1) is 10.5 Å². The summed E-state index contributed by atoms with van der Waals surface area (Å²) in [5.74, 6) is -0.110. The maximum Gasteiger partial charge on any atom is 0.256 e. The van der Waals surface area contributed by atoms with Gasteiger partial charge in [-0.15, -0.1) is 0 Å². The van der Waals surface area contributed by atoms with Crippen LogP contribution in [0.1, 0.15) is 16.1 Å². The highest BCUT2D eigenvalue weighted by Gasteiger charge is 2.12. The van der Waals surface area contributed by atoms with Crippen molar-refractivity contribution in [2.75, 3.05) is 5.32 Å². The standard InChI is InChI=1S/C17H13IN2O/c1-11-10-13(12-6-2-4-8-15(12)19-11)17(21)20-16-9-5-3-7-14(16)18/h2-10H,1H3,(H,20,21). The summed E-state index contributed by atoms with van der Waals surface area (Å²) in [4.78, 5) is 17.1. The van der Waals surface area contributed by atoms with E-state index in [1.165, 1.54) is 0 Å². The average Bonchev–Trinajstić information content (AvgIpc) is 2.48. The number of nitrogens with one attached hydrogen (secondary N) is 1. The molecule has 21 heavy (non-hydrogen) atoms. The second-order valence-corrected chi connectivity index (χ2v) is 5.92. The van der Waals surface area contributed by atoms with E-state index >= 15 is 0 Å². The summed E-state index contributed by atoms with van der Waals surface area (Å²) >= 11 is 2.21. The molecule has 3 rings (SSSR count). The molecular weight excluding hydrogens is 375 g/mol. The van der Waals surface area contributed by atoms with E-state index in [-0.39, 0.29) is 5.91 Å². The molecule has 1 aromatic heterocycles. The van der Waals surface area contributed by atoms with Crippen LogP contribution in [0.2, 0.25) is 0 Å². The van der Waals surface area contributed by atoms with Crippen molar-refractivity contribution in [3.8, 4) is 0 Å². The van der Waals surface area contributed by atoms with Gasteiger partial charge in [0.1, 0.15) is 0 Å². The van der Waals surface area contributed by atoms with E-state index < -0.39 is 0 Å². The summed E-state index contributed by atoms with van der Waals surface area (Å²) in [6.45, 7) is 1.90. The van der Waals surface area contributed by atoms with Gasteiger partial charge in [-0.25, -0.2) is 0 Å². The Balaban J connectivity index is 2.04. The van der Waals surface area contributed by atoms with Gasteiger partial charge < -0.3 is 5.32 Å². The average molecular weight is 388 g/mol. The number of rotatable bonds is 2. The highest BCUT2D eigenvalue weighted by Crippen LogP contribution is 2.22. The zero-order valence-corrected chi connectivity index (χ0v) is 13.6. The predicted molar refractivity (Wildman–Crippen MR) is 93.6 cm³/mol. The second-order valence-electron chi connectivity index (χ2n) is 4.76. The number of anilines is 1. The van der Waals surface area contributed by atoms with Crippen molar-refractivity contribution in [3.63, 3.8) is 0 Å². The highest BCUT2D eigenvalue weighted by atomic mass is 127. The van der Waals surface area contributed by atoms with Gasteiger partial charge in [-0.2, -0.15) is 0 Å². The van der Waals surface area contributed by atoms with Crippen molar-refractivity contribution in [3.05, 3.63) is 69.4 Å². The second kappa shape index (κ2) is 5.81. The quantitative estimate of drug-likeness (QED) is 0.662. The molecule has 4 heteroatoms. The summed E-state index contributed by atoms with van der Waals surface area (Å²) in [6.07, 6.45) is 0. The fraction of sp³-hybridized carbons (Fsp3) is 0.0588. The number of hydrogen-bond acceptors (Lipinski definition) is 2. The normalized spacial score (nSPS) is 10.6. The first-order chi connectivity index (χ1) is 10.1. The van der Waals surface area contributed by atoms with E-state index in [0.717, 1.165) is 25.9 Å². The van der Waals surface area contributed by atoms with E-state index in [9.17, 15) is 4.79 Å². The van der Waals surface area contributed by atoms with E-state index in [4.69, 9.17) is 0 Å². The van der Waals surface area contributed by atoms with Gasteiger partial charge in [-0.3, -0.25) is 9.78 Å². The Morgan fingerprint density at radius 2 is 1.81 bits per heavy atom. The van der Waals surface area contributed by atoms with Gasteiger partial charge in [0.2, 0.25) is 0 Å². The van der Waals surface area contributed by atoms with Crippen LogP contribution in [0.4, 0.5) is 5.69 Å². The monoisotopic (exact) mass is 388 g/mol. The number of fused-ring (bicyclic) bond motifs is 1. The molecule has 1 amide bonds. The predicted octanol–water partition coefficient (Wildman–Crippen LogP) is 4.40. The van der Waals surface area contributed by atoms with E-state index in [2.05, 4.69) is 32.9 Å². The molecule has 3 nitrogen and oxygen atoms in total. The number of carbonyl (C=O) groups excluding carboxylic acids is 1. The maximum absolute atomic E-state index is 12.6. The summed E-state index contributed by atoms with van der Waals surface area (Å²) in [6, 6.07) is 17.2. The maximum atomic E-state index is 12.6. The fourth-order valence-electron chi connectivity index (χ4n) is 2.25. The summed E-state index contributed by atoms with van der Waals surface area (Å²) < 4.78 is 1.01. The highest BCUT2D eigenvalue weighted by molar-refractivity contribution is 14.1. The third-order valence-electron chi connectivity index (χ3n) is 3.21. The number of benzene rings is 2. The number of aromatic nitrogens is 1. The van der Waals surface area contributed by atoms with E-state index in [1.54, 1.807) is 0 Å². The smallest absolute Gasteiger partial charge is 0.256 e. The number of pyridine rings is 1. The Bertz CT molecular complexity index is 830. The third kappa shape index (κ3) is 2.90. The Hall–Kier alpha value is -1.95. The molecule has 0 radical (unpaired) electrons. The van der Waals surface area contributed by atoms with Gasteiger partial charge in [-0.05, 0) is 53.8 Å². The van der Waals surface area contributed by atoms with E-state index in [0.29, 0.717) is 5.56 Å². The molecule has 0 saturated carbocycles. The molecule has 1 heterocycles. The van der Waals surface area contributed by atoms with Crippen LogP contribution in [0.25, 0.3) is 10.9 Å². The van der Waals surface area contributed by atoms with Gasteiger partial charge in [0.15, 0.2) is 0 Å². The molecule has 0 aliphatic rings. The zero-order valence-electron chi connectivity index (χ0n) is 11.4. The number of halogens is 1. The molecule has 104 valence electrons. The number of nitrogens with zero attached hydrogens (tertiary/aromatic N) is 1. The molecule has 0 fully saturated rings. The lowest BCUT2D eigenvalue weighted by Crippen LogP contribution is -2.14. The lowest BCUT2D eigenvalue weighted by molar-refractivity contribution is 0.102. The summed E-state index contributed by atoms with van der Waals surface area (Å²) in [7, 11) is 0. The Morgan fingerprint density at radius 3 is 2.62 bits per heavy atom. The van der Waals surface area contributed by atoms with Crippen LogP contribution in [0.5, 0.6) is 0 Å². The first-order valence-corrected chi connectivity index (χ1v) is 7.65. The van der Waals surface area contributed by atoms with Gasteiger partial charge in [-0.1, -0.05) is 30.3 Å². The molecule has 2 aromatic carbocycles. The molecule has 0 aliphatic carbocycles. The van der Waals surface area contributed by atoms with Gasteiger partial charge in [0.05, 0.1) is 16.8 Å². The van der Waals surface area contributed by atoms with Gasteiger partial charge in [0, 0.05) is 14.7 Å². The van der Waals surface area contributed by atoms with Crippen LogP contribution >= 0.6 is 22.6 Å². The van der Waals surface area contributed by atoms with Crippen molar-refractivity contribution >= 4 is 45.1 Å². The van der Waals surface area contributed by atoms with Crippen molar-refractivity contribution in [1.29, 1.82) is 0 Å². The first-order valence-electron chi connectivity index (χ1n) is 6.57. The molecule has 0 aliphatic heterocycles. The molecule has 0 unspecified atom stereocenters. The third-order valence-corrected chi connectivity index (χ3v) is 4.15. The zero-order chi connectivity index (χ0) is 14.8. The number of aryl methyl sites for hydroxylation is 1. The first kappa shape index (κ1) is 14.0. The summed E-state index contributed by atoms with van der Waals surface area (Å²) in [5.41, 5.74) is 3.14. The minimum Gasteiger partial charge on any atom is -0.321 e. The minimum atomic E-state index is -0.110. The van der Waals surface area contributed by atoms with Crippen molar-refractivity contribution in [2.45, 2.75) is 6.92 Å². The van der Waals surface area contributed by atoms with Gasteiger partial charge >= 0.3 is 0 Å². The molecule has 3 aromatic rings. The van der Waals surface area contributed by atoms with Crippen molar-refractivity contribution in [1.82, 2.24) is 4.98 Å². The number of carbonyl (C=O) groups is 1. The van der Waals surface area contributed by atoms with Crippen LogP contribution in [0.3, 0.4) is 0 Å². The molecule has 0 bridgehead atoms. The van der Waals surface area contributed by atoms with Crippen LogP contribution < -0.4 is 5.32 Å². The van der Waals surface area contributed by atoms with Crippen molar-refractivity contribution < 1.29 is 4.79 Å². The van der Waals surface area contributed by atoms with Gasteiger partial charge in [0.25, 0.3) is 5.91 Å². The van der Waals surface area contributed by atoms with Crippen LogP contribution in [-0.4, -0.2) is 10.9 Å². The number of para-hydroxylation sites is 2. The Labute approximate surface area is 136 Å². The molecular formula is C17H13IN2O. The molecule has 0 saturated heterocycles. The van der Waals surface area contributed by atoms with Crippen LogP contribution in [-0.2, 0) is 0 Å². The fourth-order valence-corrected chi connectivity index (χ4v) is 2.77. The largest absolute Gasteiger partial charge is 0.321 e. The SMILES string of the molecule is Cc1cc(C(=O)Nc2ccccc2I)c2ccccc2n1. The topological polar surface area (TPSA) is 42.0 Å². The summed E-state index contributed by atoms with van der Waals surface area (Å²) in [5, 5.41) is 3.84. The molecule has 1 N–H and O–H groups in total. The Morgan fingerprint density at radius 1 is 1.10 bits per heavy atom. The molecule has 0 spiro atoms. The van der Waals surface area contributed by atoms with E-state index in [1.807, 2.05) is 61.5 Å².